The van der Waals surface area contributed by atoms with Gasteiger partial charge in [-0.3, -0.25) is 9.48 Å². The summed E-state index contributed by atoms with van der Waals surface area (Å²) in [7, 11) is 1.62. The maximum absolute atomic E-state index is 14.6. The molecule has 0 saturated carbocycles. The van der Waals surface area contributed by atoms with E-state index in [4.69, 9.17) is 9.84 Å². The minimum absolute atomic E-state index is 0.0838. The topological polar surface area (TPSA) is 105 Å². The Balaban J connectivity index is 1.42. The third-order valence-corrected chi connectivity index (χ3v) is 8.34. The highest BCUT2D eigenvalue weighted by Gasteiger charge is 2.34. The molecule has 12 heteroatoms. The average molecular weight is 580 g/mol. The van der Waals surface area contributed by atoms with Gasteiger partial charge in [0.25, 0.3) is 6.43 Å². The zero-order valence-corrected chi connectivity index (χ0v) is 23.8. The third kappa shape index (κ3) is 5.31. The number of pyridine rings is 1. The van der Waals surface area contributed by atoms with Crippen molar-refractivity contribution in [2.24, 2.45) is 0 Å². The van der Waals surface area contributed by atoms with Crippen molar-refractivity contribution in [3.63, 3.8) is 0 Å². The number of carbonyl (C=O) groups is 2. The van der Waals surface area contributed by atoms with E-state index in [-0.39, 0.29) is 23.5 Å². The summed E-state index contributed by atoms with van der Waals surface area (Å²) in [6.45, 7) is 4.37. The third-order valence-electron chi connectivity index (χ3n) is 8.34. The molecule has 3 aromatic rings. The van der Waals surface area contributed by atoms with E-state index in [0.717, 1.165) is 54.0 Å². The summed E-state index contributed by atoms with van der Waals surface area (Å²) in [6, 6.07) is 6.81. The first kappa shape index (κ1) is 28.1. The van der Waals surface area contributed by atoms with E-state index in [2.05, 4.69) is 25.2 Å². The van der Waals surface area contributed by atoms with Crippen molar-refractivity contribution in [3.05, 3.63) is 52.8 Å². The van der Waals surface area contributed by atoms with Crippen LogP contribution in [0.5, 0.6) is 0 Å². The van der Waals surface area contributed by atoms with Gasteiger partial charge >= 0.3 is 6.03 Å². The Kier molecular flexibility index (Phi) is 7.80. The molecule has 2 N–H and O–H groups in total. The number of aryl methyl sites for hydroxylation is 1. The van der Waals surface area contributed by atoms with Gasteiger partial charge < -0.3 is 25.2 Å². The zero-order chi connectivity index (χ0) is 29.4. The number of benzene rings is 1. The SMILES string of the molecule is CNC(=O)N1CCc2c(c(N3CCCc4cc(-c5ccc(NC(C)=O)nc5)c(C(F)F)cc43)nn2C2CCOCC2)C1. The number of hydrogen-bond acceptors (Lipinski definition) is 6. The molecule has 1 aromatic carbocycles. The van der Waals surface area contributed by atoms with Crippen molar-refractivity contribution in [3.8, 4) is 11.1 Å². The number of alkyl halides is 2. The van der Waals surface area contributed by atoms with Crippen LogP contribution in [0.2, 0.25) is 0 Å². The number of fused-ring (bicyclic) bond motifs is 2. The molecule has 10 nitrogen and oxygen atoms in total. The number of ether oxygens (including phenoxy) is 1. The number of nitrogens with zero attached hydrogens (tertiary/aromatic N) is 5. The van der Waals surface area contributed by atoms with E-state index in [9.17, 15) is 18.4 Å². The Hall–Kier alpha value is -4.06. The van der Waals surface area contributed by atoms with Gasteiger partial charge in [0.2, 0.25) is 5.91 Å². The molecule has 0 bridgehead atoms. The van der Waals surface area contributed by atoms with Crippen LogP contribution in [-0.2, 0) is 28.9 Å². The molecule has 5 heterocycles. The van der Waals surface area contributed by atoms with Crippen LogP contribution in [0.25, 0.3) is 11.1 Å². The van der Waals surface area contributed by atoms with Crippen molar-refractivity contribution in [2.45, 2.75) is 58.0 Å². The largest absolute Gasteiger partial charge is 0.381 e. The van der Waals surface area contributed by atoms with Crippen molar-refractivity contribution in [1.82, 2.24) is 25.0 Å². The van der Waals surface area contributed by atoms with Crippen LogP contribution < -0.4 is 15.5 Å². The number of hydrogen-bond donors (Lipinski definition) is 2. The van der Waals surface area contributed by atoms with E-state index in [1.165, 1.54) is 13.1 Å². The molecule has 6 rings (SSSR count). The van der Waals surface area contributed by atoms with Gasteiger partial charge in [-0.05, 0) is 61.1 Å². The predicted molar refractivity (Wildman–Crippen MR) is 154 cm³/mol. The summed E-state index contributed by atoms with van der Waals surface area (Å²) >= 11 is 0. The minimum atomic E-state index is -2.71. The first-order valence-electron chi connectivity index (χ1n) is 14.4. The molecule has 1 saturated heterocycles. The number of nitrogens with one attached hydrogen (secondary N) is 2. The number of anilines is 3. The quantitative estimate of drug-likeness (QED) is 0.442. The minimum Gasteiger partial charge on any atom is -0.381 e. The molecule has 3 aliphatic heterocycles. The van der Waals surface area contributed by atoms with Gasteiger partial charge in [0, 0.05) is 81.0 Å². The molecule has 42 heavy (non-hydrogen) atoms. The number of urea groups is 1. The molecule has 2 aromatic heterocycles. The highest BCUT2D eigenvalue weighted by molar-refractivity contribution is 5.88. The van der Waals surface area contributed by atoms with Gasteiger partial charge in [-0.1, -0.05) is 0 Å². The lowest BCUT2D eigenvalue weighted by Crippen LogP contribution is -2.42. The lowest BCUT2D eigenvalue weighted by Gasteiger charge is -2.33. The summed E-state index contributed by atoms with van der Waals surface area (Å²) in [5.41, 5.74) is 4.67. The molecule has 0 spiro atoms. The predicted octanol–water partition coefficient (Wildman–Crippen LogP) is 4.97. The fraction of sp³-hybridized carbons (Fsp3) is 0.467. The Morgan fingerprint density at radius 2 is 1.93 bits per heavy atom. The van der Waals surface area contributed by atoms with Gasteiger partial charge in [0.05, 0.1) is 12.6 Å². The van der Waals surface area contributed by atoms with Crippen LogP contribution in [0.4, 0.5) is 30.9 Å². The second kappa shape index (κ2) is 11.7. The number of amides is 3. The van der Waals surface area contributed by atoms with Gasteiger partial charge in [0.1, 0.15) is 5.82 Å². The van der Waals surface area contributed by atoms with Gasteiger partial charge in [-0.15, -0.1) is 0 Å². The molecule has 3 amide bonds. The summed E-state index contributed by atoms with van der Waals surface area (Å²) in [5.74, 6) is 0.849. The van der Waals surface area contributed by atoms with Gasteiger partial charge in [-0.2, -0.15) is 5.10 Å². The Morgan fingerprint density at radius 3 is 2.62 bits per heavy atom. The first-order chi connectivity index (χ1) is 20.3. The van der Waals surface area contributed by atoms with Gasteiger partial charge in [-0.25, -0.2) is 18.6 Å². The van der Waals surface area contributed by atoms with Crippen LogP contribution in [0.1, 0.15) is 61.0 Å². The van der Waals surface area contributed by atoms with Crippen molar-refractivity contribution in [1.29, 1.82) is 0 Å². The van der Waals surface area contributed by atoms with Crippen molar-refractivity contribution >= 4 is 29.3 Å². The second-order valence-corrected chi connectivity index (χ2v) is 11.0. The smallest absolute Gasteiger partial charge is 0.317 e. The summed E-state index contributed by atoms with van der Waals surface area (Å²) < 4.78 is 36.9. The molecule has 0 radical (unpaired) electrons. The second-order valence-electron chi connectivity index (χ2n) is 11.0. The van der Waals surface area contributed by atoms with Crippen LogP contribution in [0, 0.1) is 0 Å². The van der Waals surface area contributed by atoms with E-state index in [1.54, 1.807) is 30.1 Å². The van der Waals surface area contributed by atoms with Crippen LogP contribution >= 0.6 is 0 Å². The van der Waals surface area contributed by atoms with E-state index in [0.29, 0.717) is 56.2 Å². The van der Waals surface area contributed by atoms with E-state index in [1.807, 2.05) is 6.07 Å². The maximum Gasteiger partial charge on any atom is 0.317 e. The molecule has 0 unspecified atom stereocenters. The van der Waals surface area contributed by atoms with Crippen molar-refractivity contribution < 1.29 is 23.1 Å². The monoisotopic (exact) mass is 579 g/mol. The van der Waals surface area contributed by atoms with Crippen LogP contribution in [-0.4, -0.2) is 65.0 Å². The van der Waals surface area contributed by atoms with Crippen LogP contribution in [0.15, 0.2) is 30.5 Å². The lowest BCUT2D eigenvalue weighted by atomic mass is 9.92. The fourth-order valence-corrected chi connectivity index (χ4v) is 6.32. The average Bonchev–Trinajstić information content (AvgIpc) is 3.39. The fourth-order valence-electron chi connectivity index (χ4n) is 6.32. The van der Waals surface area contributed by atoms with Crippen LogP contribution in [0.3, 0.4) is 0 Å². The van der Waals surface area contributed by atoms with E-state index >= 15 is 0 Å². The standard InChI is InChI=1S/C30H35F2N7O3/c1-18(40)35-27-6-5-20(16-34-27)22-14-19-4-3-10-38(26(19)15-23(22)28(31)32)29-24-17-37(30(41)33-2)11-7-25(24)39(36-29)21-8-12-42-13-9-21/h5-6,14-16,21,28H,3-4,7-13,17H2,1-2H3,(H,33,41)(H,34,35,40). The molecule has 0 aliphatic carbocycles. The molecular formula is C30H35F2N7O3. The number of carbonyl (C=O) groups excluding carboxylic acids is 2. The van der Waals surface area contributed by atoms with E-state index < -0.39 is 6.43 Å². The number of aromatic nitrogens is 3. The number of rotatable bonds is 5. The molecule has 0 atom stereocenters. The molecule has 3 aliphatic rings. The highest BCUT2D eigenvalue weighted by Crippen LogP contribution is 2.43. The Bertz CT molecular complexity index is 1480. The Morgan fingerprint density at radius 1 is 1.12 bits per heavy atom. The summed E-state index contributed by atoms with van der Waals surface area (Å²) in [5, 5.41) is 10.5. The molecule has 222 valence electrons. The zero-order valence-electron chi connectivity index (χ0n) is 23.8. The molecular weight excluding hydrogens is 544 g/mol. The Labute approximate surface area is 243 Å². The maximum atomic E-state index is 14.6. The first-order valence-corrected chi connectivity index (χ1v) is 14.4. The normalized spacial score (nSPS) is 17.2. The molecule has 1 fully saturated rings. The number of halogens is 2. The van der Waals surface area contributed by atoms with Gasteiger partial charge in [0.15, 0.2) is 5.82 Å². The summed E-state index contributed by atoms with van der Waals surface area (Å²) in [6.07, 6.45) is 2.77. The lowest BCUT2D eigenvalue weighted by molar-refractivity contribution is -0.114. The highest BCUT2D eigenvalue weighted by atomic mass is 19.3. The summed E-state index contributed by atoms with van der Waals surface area (Å²) in [4.78, 5) is 32.1. The van der Waals surface area contributed by atoms with Crippen molar-refractivity contribution in [2.75, 3.05) is 43.6 Å².